The van der Waals surface area contributed by atoms with E-state index >= 15 is 0 Å². The Morgan fingerprint density at radius 3 is 2.56 bits per heavy atom. The highest BCUT2D eigenvalue weighted by molar-refractivity contribution is 5.92. The second-order valence-corrected chi connectivity index (χ2v) is 4.78. The summed E-state index contributed by atoms with van der Waals surface area (Å²) in [5, 5.41) is 6.86. The first-order valence-corrected chi connectivity index (χ1v) is 5.94. The minimum Gasteiger partial charge on any atom is -0.332 e. The Morgan fingerprint density at radius 1 is 1.44 bits per heavy atom. The second-order valence-electron chi connectivity index (χ2n) is 4.78. The average molecular weight is 221 g/mol. The van der Waals surface area contributed by atoms with E-state index in [2.05, 4.69) is 24.0 Å². The van der Waals surface area contributed by atoms with E-state index in [1.54, 1.807) is 0 Å². The third kappa shape index (κ3) is 1.96. The van der Waals surface area contributed by atoms with Gasteiger partial charge in [0.15, 0.2) is 0 Å². The Balaban J connectivity index is 2.19. The lowest BCUT2D eigenvalue weighted by Gasteiger charge is -2.38. The van der Waals surface area contributed by atoms with Gasteiger partial charge in [0.05, 0.1) is 0 Å². The summed E-state index contributed by atoms with van der Waals surface area (Å²) in [5.41, 5.74) is 1.47. The van der Waals surface area contributed by atoms with Crippen LogP contribution in [0.1, 0.15) is 49.3 Å². The van der Waals surface area contributed by atoms with Crippen LogP contribution in [0.2, 0.25) is 0 Å². The molecule has 0 bridgehead atoms. The van der Waals surface area contributed by atoms with Gasteiger partial charge in [-0.15, -0.1) is 0 Å². The van der Waals surface area contributed by atoms with Crippen LogP contribution in [0.25, 0.3) is 0 Å². The van der Waals surface area contributed by atoms with Gasteiger partial charge in [-0.2, -0.15) is 5.10 Å². The van der Waals surface area contributed by atoms with Crippen LogP contribution in [0.15, 0.2) is 6.07 Å². The summed E-state index contributed by atoms with van der Waals surface area (Å²) in [7, 11) is 0. The molecule has 1 aromatic rings. The zero-order valence-electron chi connectivity index (χ0n) is 10.2. The van der Waals surface area contributed by atoms with E-state index in [1.807, 2.05) is 17.9 Å². The number of rotatable bonds is 1. The number of piperidine rings is 1. The van der Waals surface area contributed by atoms with Crippen molar-refractivity contribution in [2.45, 2.75) is 52.1 Å². The molecule has 0 aliphatic carbocycles. The van der Waals surface area contributed by atoms with E-state index in [1.165, 1.54) is 6.42 Å². The van der Waals surface area contributed by atoms with Crippen LogP contribution >= 0.6 is 0 Å². The topological polar surface area (TPSA) is 49.0 Å². The lowest BCUT2D eigenvalue weighted by Crippen LogP contribution is -2.47. The third-order valence-corrected chi connectivity index (χ3v) is 3.35. The molecule has 1 N–H and O–H groups in total. The molecule has 1 aliphatic rings. The van der Waals surface area contributed by atoms with E-state index < -0.39 is 0 Å². The van der Waals surface area contributed by atoms with Crippen LogP contribution in [-0.2, 0) is 0 Å². The van der Waals surface area contributed by atoms with Gasteiger partial charge < -0.3 is 4.90 Å². The Bertz CT molecular complexity index is 375. The summed E-state index contributed by atoms with van der Waals surface area (Å²) >= 11 is 0. The van der Waals surface area contributed by atoms with Crippen molar-refractivity contribution in [1.82, 2.24) is 15.1 Å². The minimum atomic E-state index is 0.0593. The fourth-order valence-electron chi connectivity index (χ4n) is 2.48. The molecule has 16 heavy (non-hydrogen) atoms. The van der Waals surface area contributed by atoms with Crippen LogP contribution in [0.3, 0.4) is 0 Å². The predicted molar refractivity (Wildman–Crippen MR) is 62.3 cm³/mol. The number of hydrogen-bond acceptors (Lipinski definition) is 2. The van der Waals surface area contributed by atoms with Crippen molar-refractivity contribution in [2.24, 2.45) is 0 Å². The maximum absolute atomic E-state index is 12.3. The molecule has 0 spiro atoms. The van der Waals surface area contributed by atoms with Gasteiger partial charge in [0.25, 0.3) is 5.91 Å². The van der Waals surface area contributed by atoms with Crippen LogP contribution < -0.4 is 0 Å². The standard InChI is InChI=1S/C12H19N3O/c1-8-7-11(14-13-8)12(16)15-9(2)5-4-6-10(15)3/h7,9-10H,4-6H2,1-3H3,(H,13,14). The first-order chi connectivity index (χ1) is 7.59. The summed E-state index contributed by atoms with van der Waals surface area (Å²) in [6.07, 6.45) is 3.41. The molecule has 88 valence electrons. The van der Waals surface area contributed by atoms with Gasteiger partial charge in [-0.25, -0.2) is 0 Å². The van der Waals surface area contributed by atoms with Crippen LogP contribution in [0.4, 0.5) is 0 Å². The quantitative estimate of drug-likeness (QED) is 0.789. The number of H-pyrrole nitrogens is 1. The first-order valence-electron chi connectivity index (χ1n) is 5.94. The lowest BCUT2D eigenvalue weighted by atomic mass is 9.97. The molecule has 2 unspecified atom stereocenters. The summed E-state index contributed by atoms with van der Waals surface area (Å²) in [6, 6.07) is 2.47. The van der Waals surface area contributed by atoms with Crippen molar-refractivity contribution >= 4 is 5.91 Å². The SMILES string of the molecule is Cc1cc(C(=O)N2C(C)CCCC2C)n[nH]1. The van der Waals surface area contributed by atoms with E-state index in [0.717, 1.165) is 18.5 Å². The zero-order chi connectivity index (χ0) is 11.7. The molecular weight excluding hydrogens is 202 g/mol. The van der Waals surface area contributed by atoms with Gasteiger partial charge in [-0.1, -0.05) is 0 Å². The van der Waals surface area contributed by atoms with E-state index in [-0.39, 0.29) is 5.91 Å². The zero-order valence-corrected chi connectivity index (χ0v) is 10.2. The van der Waals surface area contributed by atoms with E-state index in [0.29, 0.717) is 17.8 Å². The van der Waals surface area contributed by atoms with Crippen molar-refractivity contribution in [3.63, 3.8) is 0 Å². The molecule has 2 heterocycles. The number of aromatic nitrogens is 2. The average Bonchev–Trinajstić information content (AvgIpc) is 2.64. The van der Waals surface area contributed by atoms with E-state index in [4.69, 9.17) is 0 Å². The smallest absolute Gasteiger partial charge is 0.274 e. The van der Waals surface area contributed by atoms with Gasteiger partial charge in [-0.3, -0.25) is 9.89 Å². The van der Waals surface area contributed by atoms with Crippen molar-refractivity contribution in [3.05, 3.63) is 17.5 Å². The Labute approximate surface area is 96.0 Å². The normalized spacial score (nSPS) is 25.8. The fraction of sp³-hybridized carbons (Fsp3) is 0.667. The number of amides is 1. The summed E-state index contributed by atoms with van der Waals surface area (Å²) in [5.74, 6) is 0.0593. The number of carbonyl (C=O) groups is 1. The first kappa shape index (κ1) is 11.2. The number of likely N-dealkylation sites (tertiary alicyclic amines) is 1. The molecule has 1 aliphatic heterocycles. The van der Waals surface area contributed by atoms with Crippen molar-refractivity contribution in [2.75, 3.05) is 0 Å². The third-order valence-electron chi connectivity index (χ3n) is 3.35. The number of aryl methyl sites for hydroxylation is 1. The predicted octanol–water partition coefficient (Wildman–Crippen LogP) is 2.12. The van der Waals surface area contributed by atoms with Gasteiger partial charge in [0.1, 0.15) is 5.69 Å². The van der Waals surface area contributed by atoms with Crippen LogP contribution in [0.5, 0.6) is 0 Å². The molecule has 0 saturated carbocycles. The molecular formula is C12H19N3O. The minimum absolute atomic E-state index is 0.0593. The number of carbonyl (C=O) groups excluding carboxylic acids is 1. The van der Waals surface area contributed by atoms with Crippen LogP contribution in [-0.4, -0.2) is 33.1 Å². The largest absolute Gasteiger partial charge is 0.332 e. The fourth-order valence-corrected chi connectivity index (χ4v) is 2.48. The summed E-state index contributed by atoms with van der Waals surface area (Å²) < 4.78 is 0. The highest BCUT2D eigenvalue weighted by Gasteiger charge is 2.30. The molecule has 4 nitrogen and oxygen atoms in total. The molecule has 0 radical (unpaired) electrons. The molecule has 1 aromatic heterocycles. The number of nitrogens with zero attached hydrogens (tertiary/aromatic N) is 2. The molecule has 1 amide bonds. The van der Waals surface area contributed by atoms with Crippen molar-refractivity contribution < 1.29 is 4.79 Å². The Kier molecular flexibility index (Phi) is 2.99. The molecule has 2 rings (SSSR count). The van der Waals surface area contributed by atoms with Gasteiger partial charge in [-0.05, 0) is 46.1 Å². The maximum atomic E-state index is 12.3. The number of aromatic amines is 1. The molecule has 4 heteroatoms. The molecule has 1 fully saturated rings. The molecule has 0 aromatic carbocycles. The number of nitrogens with one attached hydrogen (secondary N) is 1. The van der Waals surface area contributed by atoms with Gasteiger partial charge >= 0.3 is 0 Å². The molecule has 2 atom stereocenters. The van der Waals surface area contributed by atoms with Crippen LogP contribution in [0, 0.1) is 6.92 Å². The van der Waals surface area contributed by atoms with Crippen molar-refractivity contribution in [1.29, 1.82) is 0 Å². The van der Waals surface area contributed by atoms with E-state index in [9.17, 15) is 4.79 Å². The van der Waals surface area contributed by atoms with Crippen molar-refractivity contribution in [3.8, 4) is 0 Å². The van der Waals surface area contributed by atoms with Gasteiger partial charge in [0.2, 0.25) is 0 Å². The Morgan fingerprint density at radius 2 is 2.06 bits per heavy atom. The monoisotopic (exact) mass is 221 g/mol. The second kappa shape index (κ2) is 4.28. The highest BCUT2D eigenvalue weighted by atomic mass is 16.2. The number of hydrogen-bond donors (Lipinski definition) is 1. The Hall–Kier alpha value is -1.32. The van der Waals surface area contributed by atoms with Gasteiger partial charge in [0, 0.05) is 17.8 Å². The maximum Gasteiger partial charge on any atom is 0.274 e. The summed E-state index contributed by atoms with van der Waals surface area (Å²) in [4.78, 5) is 14.2. The lowest BCUT2D eigenvalue weighted by molar-refractivity contribution is 0.0504. The summed E-state index contributed by atoms with van der Waals surface area (Å²) in [6.45, 7) is 6.15. The molecule has 1 saturated heterocycles. The highest BCUT2D eigenvalue weighted by Crippen LogP contribution is 2.24.